The lowest BCUT2D eigenvalue weighted by atomic mass is 9.87. The minimum Gasteiger partial charge on any atom is -0.346 e. The third-order valence-corrected chi connectivity index (χ3v) is 4.20. The minimum absolute atomic E-state index is 0.113. The van der Waals surface area contributed by atoms with Crippen LogP contribution in [0.25, 0.3) is 0 Å². The topological polar surface area (TPSA) is 66.9 Å². The number of amides is 1. The SMILES string of the molecule is CC(C)(C)c1ccc(Nc2cc(C(=O)NCc3ccccn3)ccn2)cc1. The average molecular weight is 360 g/mol. The Labute approximate surface area is 159 Å². The smallest absolute Gasteiger partial charge is 0.251 e. The van der Waals surface area contributed by atoms with Gasteiger partial charge >= 0.3 is 0 Å². The largest absolute Gasteiger partial charge is 0.346 e. The fourth-order valence-electron chi connectivity index (χ4n) is 2.62. The molecule has 0 atom stereocenters. The van der Waals surface area contributed by atoms with Gasteiger partial charge in [-0.15, -0.1) is 0 Å². The van der Waals surface area contributed by atoms with E-state index in [0.29, 0.717) is 17.9 Å². The van der Waals surface area contributed by atoms with Crippen LogP contribution < -0.4 is 10.6 Å². The van der Waals surface area contributed by atoms with Gasteiger partial charge in [0.25, 0.3) is 5.91 Å². The first-order valence-corrected chi connectivity index (χ1v) is 8.93. The van der Waals surface area contributed by atoms with Crippen LogP contribution in [0, 0.1) is 0 Å². The maximum atomic E-state index is 12.4. The number of hydrogen-bond acceptors (Lipinski definition) is 4. The highest BCUT2D eigenvalue weighted by molar-refractivity contribution is 5.94. The number of pyridine rings is 2. The van der Waals surface area contributed by atoms with Crippen molar-refractivity contribution in [2.45, 2.75) is 32.7 Å². The molecule has 5 heteroatoms. The predicted octanol–water partition coefficient (Wildman–Crippen LogP) is 4.45. The van der Waals surface area contributed by atoms with Gasteiger partial charge in [0, 0.05) is 23.6 Å². The van der Waals surface area contributed by atoms with Gasteiger partial charge in [-0.05, 0) is 47.4 Å². The van der Waals surface area contributed by atoms with Crippen molar-refractivity contribution in [2.24, 2.45) is 0 Å². The van der Waals surface area contributed by atoms with Gasteiger partial charge in [0.1, 0.15) is 5.82 Å². The summed E-state index contributed by atoms with van der Waals surface area (Å²) in [7, 11) is 0. The summed E-state index contributed by atoms with van der Waals surface area (Å²) in [5.41, 5.74) is 3.68. The first-order valence-electron chi connectivity index (χ1n) is 8.93. The molecule has 0 radical (unpaired) electrons. The molecule has 0 saturated carbocycles. The second kappa shape index (κ2) is 7.99. The normalized spacial score (nSPS) is 11.1. The molecule has 1 aromatic carbocycles. The first-order chi connectivity index (χ1) is 12.9. The van der Waals surface area contributed by atoms with Crippen LogP contribution in [0.3, 0.4) is 0 Å². The van der Waals surface area contributed by atoms with Crippen molar-refractivity contribution in [2.75, 3.05) is 5.32 Å². The van der Waals surface area contributed by atoms with Crippen molar-refractivity contribution in [1.29, 1.82) is 0 Å². The maximum absolute atomic E-state index is 12.4. The van der Waals surface area contributed by atoms with Crippen LogP contribution in [0.5, 0.6) is 0 Å². The lowest BCUT2D eigenvalue weighted by molar-refractivity contribution is 0.0950. The number of rotatable bonds is 5. The monoisotopic (exact) mass is 360 g/mol. The summed E-state index contributed by atoms with van der Waals surface area (Å²) in [5.74, 6) is 0.471. The quantitative estimate of drug-likeness (QED) is 0.705. The predicted molar refractivity (Wildman–Crippen MR) is 108 cm³/mol. The number of hydrogen-bond donors (Lipinski definition) is 2. The van der Waals surface area contributed by atoms with Gasteiger partial charge in [-0.2, -0.15) is 0 Å². The fourth-order valence-corrected chi connectivity index (χ4v) is 2.62. The zero-order valence-electron chi connectivity index (χ0n) is 15.9. The molecule has 2 N–H and O–H groups in total. The summed E-state index contributed by atoms with van der Waals surface area (Å²) in [5, 5.41) is 6.12. The maximum Gasteiger partial charge on any atom is 0.251 e. The molecule has 0 aliphatic carbocycles. The molecule has 1 amide bonds. The van der Waals surface area contributed by atoms with Crippen LogP contribution in [0.1, 0.15) is 42.4 Å². The van der Waals surface area contributed by atoms with Gasteiger partial charge in [0.05, 0.1) is 12.2 Å². The third kappa shape index (κ3) is 5.14. The summed E-state index contributed by atoms with van der Waals surface area (Å²) >= 11 is 0. The summed E-state index contributed by atoms with van der Waals surface area (Å²) in [6, 6.07) is 17.3. The van der Waals surface area contributed by atoms with Crippen molar-refractivity contribution in [1.82, 2.24) is 15.3 Å². The van der Waals surface area contributed by atoms with Gasteiger partial charge in [-0.3, -0.25) is 9.78 Å². The van der Waals surface area contributed by atoms with Gasteiger partial charge < -0.3 is 10.6 Å². The van der Waals surface area contributed by atoms with E-state index in [-0.39, 0.29) is 11.3 Å². The minimum atomic E-state index is -0.158. The van der Waals surface area contributed by atoms with Crippen molar-refractivity contribution in [3.63, 3.8) is 0 Å². The van der Waals surface area contributed by atoms with Crippen LogP contribution in [0.15, 0.2) is 67.0 Å². The lowest BCUT2D eigenvalue weighted by Crippen LogP contribution is -2.23. The van der Waals surface area contributed by atoms with Crippen LogP contribution in [-0.4, -0.2) is 15.9 Å². The summed E-state index contributed by atoms with van der Waals surface area (Å²) in [6.07, 6.45) is 3.34. The third-order valence-electron chi connectivity index (χ3n) is 4.20. The van der Waals surface area contributed by atoms with Gasteiger partial charge in [-0.1, -0.05) is 39.0 Å². The van der Waals surface area contributed by atoms with Crippen LogP contribution >= 0.6 is 0 Å². The highest BCUT2D eigenvalue weighted by Gasteiger charge is 2.13. The van der Waals surface area contributed by atoms with E-state index >= 15 is 0 Å². The van der Waals surface area contributed by atoms with Crippen molar-refractivity contribution in [3.8, 4) is 0 Å². The molecule has 0 aliphatic rings. The summed E-state index contributed by atoms with van der Waals surface area (Å²) in [6.45, 7) is 6.94. The molecule has 138 valence electrons. The van der Waals surface area contributed by atoms with E-state index < -0.39 is 0 Å². The van der Waals surface area contributed by atoms with Crippen molar-refractivity contribution in [3.05, 3.63) is 83.8 Å². The molecular formula is C22H24N4O. The molecule has 0 unspecified atom stereocenters. The van der Waals surface area contributed by atoms with E-state index in [1.807, 2.05) is 30.3 Å². The molecular weight excluding hydrogens is 336 g/mol. The molecule has 3 aromatic rings. The first kappa shape index (κ1) is 18.6. The second-order valence-electron chi connectivity index (χ2n) is 7.39. The summed E-state index contributed by atoms with van der Waals surface area (Å²) < 4.78 is 0. The Morgan fingerprint density at radius 3 is 2.41 bits per heavy atom. The number of aromatic nitrogens is 2. The Morgan fingerprint density at radius 1 is 0.963 bits per heavy atom. The Kier molecular flexibility index (Phi) is 5.50. The number of anilines is 2. The molecule has 2 heterocycles. The van der Waals surface area contributed by atoms with E-state index in [2.05, 4.69) is 53.5 Å². The van der Waals surface area contributed by atoms with Gasteiger partial charge in [-0.25, -0.2) is 4.98 Å². The zero-order valence-corrected chi connectivity index (χ0v) is 15.9. The molecule has 0 aliphatic heterocycles. The van der Waals surface area contributed by atoms with Crippen LogP contribution in [0.4, 0.5) is 11.5 Å². The van der Waals surface area contributed by atoms with Crippen LogP contribution in [-0.2, 0) is 12.0 Å². The van der Waals surface area contributed by atoms with E-state index in [0.717, 1.165) is 11.4 Å². The van der Waals surface area contributed by atoms with Gasteiger partial charge in [0.15, 0.2) is 0 Å². The Hall–Kier alpha value is -3.21. The van der Waals surface area contributed by atoms with E-state index in [1.54, 1.807) is 24.5 Å². The van der Waals surface area contributed by atoms with E-state index in [4.69, 9.17) is 0 Å². The van der Waals surface area contributed by atoms with Crippen molar-refractivity contribution < 1.29 is 4.79 Å². The van der Waals surface area contributed by atoms with E-state index in [1.165, 1.54) is 5.56 Å². The number of benzene rings is 1. The highest BCUT2D eigenvalue weighted by Crippen LogP contribution is 2.24. The Bertz CT molecular complexity index is 900. The average Bonchev–Trinajstić information content (AvgIpc) is 2.67. The molecule has 0 saturated heterocycles. The summed E-state index contributed by atoms with van der Waals surface area (Å²) in [4.78, 5) is 20.9. The molecule has 5 nitrogen and oxygen atoms in total. The fraction of sp³-hybridized carbons (Fsp3) is 0.227. The highest BCUT2D eigenvalue weighted by atomic mass is 16.1. The standard InChI is InChI=1S/C22H24N4O/c1-22(2,3)17-7-9-18(10-8-17)26-20-14-16(11-13-24-20)21(27)25-15-19-6-4-5-12-23-19/h4-14H,15H2,1-3H3,(H,24,26)(H,25,27). The Morgan fingerprint density at radius 2 is 1.74 bits per heavy atom. The number of carbonyl (C=O) groups excluding carboxylic acids is 1. The molecule has 0 spiro atoms. The second-order valence-corrected chi connectivity index (χ2v) is 7.39. The lowest BCUT2D eigenvalue weighted by Gasteiger charge is -2.19. The molecule has 0 bridgehead atoms. The zero-order chi connectivity index (χ0) is 19.3. The van der Waals surface area contributed by atoms with Crippen molar-refractivity contribution >= 4 is 17.4 Å². The molecule has 2 aromatic heterocycles. The number of nitrogens with one attached hydrogen (secondary N) is 2. The van der Waals surface area contributed by atoms with E-state index in [9.17, 15) is 4.79 Å². The Balaban J connectivity index is 1.65. The molecule has 27 heavy (non-hydrogen) atoms. The van der Waals surface area contributed by atoms with Crippen LogP contribution in [0.2, 0.25) is 0 Å². The van der Waals surface area contributed by atoms with Gasteiger partial charge in [0.2, 0.25) is 0 Å². The number of nitrogens with zero attached hydrogens (tertiary/aromatic N) is 2. The molecule has 3 rings (SSSR count). The molecule has 0 fully saturated rings. The number of carbonyl (C=O) groups is 1.